The molecular weight excluding hydrogens is 306 g/mol. The number of hydrogen-bond donors (Lipinski definition) is 1. The van der Waals surface area contributed by atoms with E-state index >= 15 is 0 Å². The average Bonchev–Trinajstić information content (AvgIpc) is 2.55. The van der Waals surface area contributed by atoms with Crippen molar-refractivity contribution in [1.29, 1.82) is 0 Å². The Kier molecular flexibility index (Phi) is 5.46. The number of nitrogens with one attached hydrogen (secondary N) is 1. The van der Waals surface area contributed by atoms with Crippen LogP contribution >= 0.6 is 0 Å². The molecule has 0 fully saturated rings. The molecule has 1 atom stereocenters. The van der Waals surface area contributed by atoms with Crippen molar-refractivity contribution in [3.05, 3.63) is 54.1 Å². The first-order chi connectivity index (χ1) is 10.9. The molecular formula is C19H21NO2S. The molecule has 120 valence electrons. The Morgan fingerprint density at radius 1 is 1.09 bits per heavy atom. The van der Waals surface area contributed by atoms with E-state index in [4.69, 9.17) is 0 Å². The lowest BCUT2D eigenvalue weighted by Crippen LogP contribution is -2.04. The van der Waals surface area contributed by atoms with E-state index in [1.807, 2.05) is 6.07 Å². The van der Waals surface area contributed by atoms with Crippen LogP contribution in [-0.4, -0.2) is 8.42 Å². The number of hydrogen-bond acceptors (Lipinski definition) is 3. The first-order valence-corrected chi connectivity index (χ1v) is 9.10. The molecule has 2 aromatic rings. The van der Waals surface area contributed by atoms with E-state index in [2.05, 4.69) is 31.1 Å². The molecule has 1 unspecified atom stereocenters. The van der Waals surface area contributed by atoms with E-state index < -0.39 is 9.84 Å². The summed E-state index contributed by atoms with van der Waals surface area (Å²) in [7, 11) is -3.49. The third-order valence-electron chi connectivity index (χ3n) is 3.69. The number of sulfone groups is 1. The maximum atomic E-state index is 12.7. The van der Waals surface area contributed by atoms with Crippen molar-refractivity contribution in [3.63, 3.8) is 0 Å². The van der Waals surface area contributed by atoms with E-state index in [0.29, 0.717) is 10.8 Å². The van der Waals surface area contributed by atoms with Crippen LogP contribution < -0.4 is 5.32 Å². The summed E-state index contributed by atoms with van der Waals surface area (Å²) in [5, 5.41) is 2.98. The largest absolute Gasteiger partial charge is 0.315 e. The van der Waals surface area contributed by atoms with E-state index in [1.54, 1.807) is 49.4 Å². The van der Waals surface area contributed by atoms with Gasteiger partial charge in [0.2, 0.25) is 9.84 Å². The maximum Gasteiger partial charge on any atom is 0.206 e. The van der Waals surface area contributed by atoms with Gasteiger partial charge in [0.25, 0.3) is 0 Å². The average molecular weight is 327 g/mol. The Hall–Kier alpha value is -2.25. The van der Waals surface area contributed by atoms with E-state index in [-0.39, 0.29) is 4.90 Å². The van der Waals surface area contributed by atoms with Gasteiger partial charge in [0.05, 0.1) is 9.79 Å². The highest BCUT2D eigenvalue weighted by Gasteiger charge is 2.19. The standard InChI is InChI=1S/C19H21NO2S/c1-4-15(2)13-14-20-17-9-11-18(12-10-17)23(21,22)19-8-6-5-7-16(19)3/h5-12,15,20H,4H2,1-3H3. The van der Waals surface area contributed by atoms with Crippen molar-refractivity contribution in [1.82, 2.24) is 0 Å². The van der Waals surface area contributed by atoms with Gasteiger partial charge in [0.1, 0.15) is 0 Å². The van der Waals surface area contributed by atoms with Gasteiger partial charge >= 0.3 is 0 Å². The zero-order valence-corrected chi connectivity index (χ0v) is 14.4. The summed E-state index contributed by atoms with van der Waals surface area (Å²) in [4.78, 5) is 0.629. The first kappa shape index (κ1) is 17.1. The Labute approximate surface area is 138 Å². The maximum absolute atomic E-state index is 12.7. The van der Waals surface area contributed by atoms with E-state index in [1.165, 1.54) is 0 Å². The van der Waals surface area contributed by atoms with Gasteiger partial charge in [-0.2, -0.15) is 0 Å². The SMILES string of the molecule is CCC(C)C#CNc1ccc(S(=O)(=O)c2ccccc2C)cc1. The van der Waals surface area contributed by atoms with Crippen LogP contribution in [0.2, 0.25) is 0 Å². The molecule has 0 amide bonds. The molecule has 1 N–H and O–H groups in total. The fourth-order valence-corrected chi connectivity index (χ4v) is 3.53. The molecule has 0 aliphatic heterocycles. The lowest BCUT2D eigenvalue weighted by Gasteiger charge is -2.08. The second kappa shape index (κ2) is 7.34. The number of rotatable bonds is 4. The summed E-state index contributed by atoms with van der Waals surface area (Å²) in [5.74, 6) is 3.42. The van der Waals surface area contributed by atoms with Gasteiger partial charge in [-0.1, -0.05) is 38.0 Å². The lowest BCUT2D eigenvalue weighted by atomic mass is 10.1. The Morgan fingerprint density at radius 3 is 2.35 bits per heavy atom. The normalized spacial score (nSPS) is 12.1. The molecule has 0 saturated heterocycles. The van der Waals surface area contributed by atoms with E-state index in [9.17, 15) is 8.42 Å². The molecule has 0 heterocycles. The summed E-state index contributed by atoms with van der Waals surface area (Å²) in [6.45, 7) is 5.95. The smallest absolute Gasteiger partial charge is 0.206 e. The molecule has 0 saturated carbocycles. The van der Waals surface area contributed by atoms with Crippen LogP contribution in [0.15, 0.2) is 58.3 Å². The highest BCUT2D eigenvalue weighted by atomic mass is 32.2. The monoisotopic (exact) mass is 327 g/mol. The van der Waals surface area contributed by atoms with Crippen molar-refractivity contribution >= 4 is 15.5 Å². The van der Waals surface area contributed by atoms with Crippen LogP contribution in [0.25, 0.3) is 0 Å². The molecule has 0 radical (unpaired) electrons. The van der Waals surface area contributed by atoms with Gasteiger partial charge in [-0.25, -0.2) is 8.42 Å². The van der Waals surface area contributed by atoms with Crippen LogP contribution in [-0.2, 0) is 9.84 Å². The number of aryl methyl sites for hydroxylation is 1. The molecule has 0 aromatic heterocycles. The molecule has 4 heteroatoms. The minimum Gasteiger partial charge on any atom is -0.315 e. The van der Waals surface area contributed by atoms with Crippen LogP contribution in [0.5, 0.6) is 0 Å². The molecule has 0 bridgehead atoms. The Morgan fingerprint density at radius 2 is 1.74 bits per heavy atom. The van der Waals surface area contributed by atoms with Crippen molar-refractivity contribution in [2.45, 2.75) is 37.0 Å². The first-order valence-electron chi connectivity index (χ1n) is 7.62. The predicted octanol–water partition coefficient (Wildman–Crippen LogP) is 4.25. The van der Waals surface area contributed by atoms with Crippen LogP contribution in [0.3, 0.4) is 0 Å². The second-order valence-electron chi connectivity index (χ2n) is 5.50. The van der Waals surface area contributed by atoms with Gasteiger partial charge in [-0.05, 0) is 49.2 Å². The fourth-order valence-electron chi connectivity index (χ4n) is 2.04. The topological polar surface area (TPSA) is 46.2 Å². The molecule has 3 nitrogen and oxygen atoms in total. The van der Waals surface area contributed by atoms with Crippen LogP contribution in [0.1, 0.15) is 25.8 Å². The quantitative estimate of drug-likeness (QED) is 0.674. The third-order valence-corrected chi connectivity index (χ3v) is 5.62. The highest BCUT2D eigenvalue weighted by molar-refractivity contribution is 7.91. The predicted molar refractivity (Wildman–Crippen MR) is 93.9 cm³/mol. The van der Waals surface area contributed by atoms with Crippen LogP contribution in [0.4, 0.5) is 5.69 Å². The lowest BCUT2D eigenvalue weighted by molar-refractivity contribution is 0.595. The summed E-state index contributed by atoms with van der Waals surface area (Å²) in [5.41, 5.74) is 1.53. The molecule has 2 aromatic carbocycles. The van der Waals surface area contributed by atoms with Gasteiger partial charge < -0.3 is 5.32 Å². The van der Waals surface area contributed by atoms with Crippen molar-refractivity contribution in [3.8, 4) is 12.0 Å². The molecule has 2 rings (SSSR count). The summed E-state index contributed by atoms with van der Waals surface area (Å²) >= 11 is 0. The van der Waals surface area contributed by atoms with Crippen molar-refractivity contribution in [2.24, 2.45) is 5.92 Å². The van der Waals surface area contributed by atoms with Gasteiger partial charge in [-0.15, -0.1) is 0 Å². The zero-order chi connectivity index (χ0) is 16.9. The fraction of sp³-hybridized carbons (Fsp3) is 0.263. The molecule has 0 aliphatic rings. The minimum atomic E-state index is -3.49. The molecule has 23 heavy (non-hydrogen) atoms. The zero-order valence-electron chi connectivity index (χ0n) is 13.6. The van der Waals surface area contributed by atoms with Crippen molar-refractivity contribution < 1.29 is 8.42 Å². The molecule has 0 aliphatic carbocycles. The third kappa shape index (κ3) is 4.14. The van der Waals surface area contributed by atoms with E-state index in [0.717, 1.165) is 17.7 Å². The second-order valence-corrected chi connectivity index (χ2v) is 7.42. The number of anilines is 1. The number of benzene rings is 2. The summed E-state index contributed by atoms with van der Waals surface area (Å²) < 4.78 is 25.3. The minimum absolute atomic E-state index is 0.284. The summed E-state index contributed by atoms with van der Waals surface area (Å²) in [6, 6.07) is 16.6. The Balaban J connectivity index is 2.22. The van der Waals surface area contributed by atoms with Gasteiger partial charge in [0, 0.05) is 17.6 Å². The summed E-state index contributed by atoms with van der Waals surface area (Å²) in [6.07, 6.45) is 1.00. The van der Waals surface area contributed by atoms with Crippen LogP contribution in [0, 0.1) is 24.8 Å². The van der Waals surface area contributed by atoms with Gasteiger partial charge in [-0.3, -0.25) is 0 Å². The highest BCUT2D eigenvalue weighted by Crippen LogP contribution is 2.24. The molecule has 0 spiro atoms. The Bertz CT molecular complexity index is 828. The van der Waals surface area contributed by atoms with Gasteiger partial charge in [0.15, 0.2) is 0 Å². The van der Waals surface area contributed by atoms with Crippen molar-refractivity contribution in [2.75, 3.05) is 5.32 Å².